The van der Waals surface area contributed by atoms with Gasteiger partial charge < -0.3 is 10.2 Å². The molecule has 8 nitrogen and oxygen atoms in total. The van der Waals surface area contributed by atoms with Crippen LogP contribution in [0.4, 0.5) is 0 Å². The molecule has 1 saturated carbocycles. The summed E-state index contributed by atoms with van der Waals surface area (Å²) in [6.07, 6.45) is 6.50. The SMILES string of the molecule is Cn1nccc1[C@H]1[C@H](NCc2cn(C(C)(C)C)nn2)CC(=O)N1C1CC1. The van der Waals surface area contributed by atoms with Gasteiger partial charge in [-0.15, -0.1) is 5.10 Å². The molecule has 0 radical (unpaired) electrons. The number of carbonyl (C=O) groups excluding carboxylic acids is 1. The third-order valence-electron chi connectivity index (χ3n) is 5.24. The molecule has 1 aliphatic heterocycles. The fourth-order valence-corrected chi connectivity index (χ4v) is 3.69. The highest BCUT2D eigenvalue weighted by Crippen LogP contribution is 2.41. The molecule has 2 fully saturated rings. The minimum Gasteiger partial charge on any atom is -0.329 e. The summed E-state index contributed by atoms with van der Waals surface area (Å²) in [7, 11) is 1.94. The summed E-state index contributed by atoms with van der Waals surface area (Å²) in [6, 6.07) is 2.48. The molecule has 3 heterocycles. The summed E-state index contributed by atoms with van der Waals surface area (Å²) in [6.45, 7) is 6.89. The number of hydrogen-bond donors (Lipinski definition) is 1. The van der Waals surface area contributed by atoms with Crippen molar-refractivity contribution in [1.29, 1.82) is 0 Å². The Morgan fingerprint density at radius 3 is 2.65 bits per heavy atom. The quantitative estimate of drug-likeness (QED) is 0.874. The van der Waals surface area contributed by atoms with Gasteiger partial charge in [-0.25, -0.2) is 4.68 Å². The molecule has 1 aliphatic carbocycles. The van der Waals surface area contributed by atoms with E-state index in [2.05, 4.69) is 46.4 Å². The Bertz CT molecular complexity index is 799. The highest BCUT2D eigenvalue weighted by molar-refractivity contribution is 5.81. The second kappa shape index (κ2) is 6.19. The van der Waals surface area contributed by atoms with Gasteiger partial charge in [-0.2, -0.15) is 5.10 Å². The summed E-state index contributed by atoms with van der Waals surface area (Å²) in [5.74, 6) is 0.231. The summed E-state index contributed by atoms with van der Waals surface area (Å²) in [5.41, 5.74) is 1.88. The lowest BCUT2D eigenvalue weighted by atomic mass is 10.1. The van der Waals surface area contributed by atoms with Crippen molar-refractivity contribution in [2.75, 3.05) is 0 Å². The Kier molecular flexibility index (Phi) is 4.10. The number of aryl methyl sites for hydroxylation is 1. The van der Waals surface area contributed by atoms with Gasteiger partial charge in [0, 0.05) is 38.3 Å². The smallest absolute Gasteiger partial charge is 0.225 e. The van der Waals surface area contributed by atoms with Gasteiger partial charge in [0.25, 0.3) is 0 Å². The highest BCUT2D eigenvalue weighted by atomic mass is 16.2. The molecule has 1 saturated heterocycles. The summed E-state index contributed by atoms with van der Waals surface area (Å²) >= 11 is 0. The van der Waals surface area contributed by atoms with Gasteiger partial charge in [0.05, 0.1) is 29.2 Å². The lowest BCUT2D eigenvalue weighted by Crippen LogP contribution is -2.38. The van der Waals surface area contributed by atoms with E-state index in [-0.39, 0.29) is 23.5 Å². The van der Waals surface area contributed by atoms with Crippen LogP contribution in [0.3, 0.4) is 0 Å². The van der Waals surface area contributed by atoms with E-state index in [4.69, 9.17) is 0 Å². The molecule has 0 aromatic carbocycles. The average Bonchev–Trinajstić information content (AvgIpc) is 2.99. The monoisotopic (exact) mass is 357 g/mol. The molecular formula is C18H27N7O. The van der Waals surface area contributed by atoms with E-state index < -0.39 is 0 Å². The second-order valence-corrected chi connectivity index (χ2v) is 8.37. The van der Waals surface area contributed by atoms with Crippen molar-refractivity contribution >= 4 is 5.91 Å². The average molecular weight is 357 g/mol. The number of rotatable bonds is 5. The molecule has 0 spiro atoms. The molecule has 1 N–H and O–H groups in total. The predicted octanol–water partition coefficient (Wildman–Crippen LogP) is 1.36. The van der Waals surface area contributed by atoms with Crippen LogP contribution in [0.15, 0.2) is 18.5 Å². The van der Waals surface area contributed by atoms with Crippen molar-refractivity contribution in [2.24, 2.45) is 7.05 Å². The first kappa shape index (κ1) is 17.2. The van der Waals surface area contributed by atoms with Gasteiger partial charge in [0.1, 0.15) is 0 Å². The standard InChI is InChI=1S/C18H27N7O/c1-18(2,3)24-11-12(21-22-24)10-19-14-9-16(26)25(13-5-6-13)17(14)15-7-8-20-23(15)4/h7-8,11,13-14,17,19H,5-6,9-10H2,1-4H3/t14-,17-/m1/s1. The zero-order valence-electron chi connectivity index (χ0n) is 15.9. The lowest BCUT2D eigenvalue weighted by Gasteiger charge is -2.28. The molecule has 0 bridgehead atoms. The van der Waals surface area contributed by atoms with Crippen molar-refractivity contribution in [2.45, 2.75) is 70.2 Å². The molecule has 2 aromatic heterocycles. The zero-order chi connectivity index (χ0) is 18.5. The van der Waals surface area contributed by atoms with Crippen LogP contribution in [0.25, 0.3) is 0 Å². The van der Waals surface area contributed by atoms with E-state index in [0.717, 1.165) is 24.2 Å². The molecule has 26 heavy (non-hydrogen) atoms. The first-order valence-electron chi connectivity index (χ1n) is 9.29. The topological polar surface area (TPSA) is 80.9 Å². The molecule has 1 amide bonds. The molecule has 8 heteroatoms. The van der Waals surface area contributed by atoms with Gasteiger partial charge in [-0.05, 0) is 39.7 Å². The Labute approximate surface area is 153 Å². The zero-order valence-corrected chi connectivity index (χ0v) is 15.9. The number of amides is 1. The van der Waals surface area contributed by atoms with Crippen LogP contribution in [0.2, 0.25) is 0 Å². The number of carbonyl (C=O) groups is 1. The predicted molar refractivity (Wildman–Crippen MR) is 96.1 cm³/mol. The molecule has 2 aromatic rings. The second-order valence-electron chi connectivity index (χ2n) is 8.37. The number of nitrogens with one attached hydrogen (secondary N) is 1. The number of aromatic nitrogens is 5. The Hall–Kier alpha value is -2.22. The minimum absolute atomic E-state index is 0.0279. The van der Waals surface area contributed by atoms with E-state index in [1.54, 1.807) is 6.20 Å². The molecule has 0 unspecified atom stereocenters. The van der Waals surface area contributed by atoms with Crippen LogP contribution in [-0.4, -0.2) is 47.7 Å². The number of nitrogens with zero attached hydrogens (tertiary/aromatic N) is 6. The minimum atomic E-state index is -0.0887. The molecular weight excluding hydrogens is 330 g/mol. The van der Waals surface area contributed by atoms with Crippen molar-refractivity contribution in [3.8, 4) is 0 Å². The van der Waals surface area contributed by atoms with Crippen LogP contribution in [0, 0.1) is 0 Å². The molecule has 2 aliphatic rings. The summed E-state index contributed by atoms with van der Waals surface area (Å²) in [5, 5.41) is 16.3. The van der Waals surface area contributed by atoms with Crippen molar-refractivity contribution in [3.63, 3.8) is 0 Å². The van der Waals surface area contributed by atoms with Crippen molar-refractivity contribution in [1.82, 2.24) is 35.0 Å². The van der Waals surface area contributed by atoms with Gasteiger partial charge in [0.2, 0.25) is 5.91 Å². The summed E-state index contributed by atoms with van der Waals surface area (Å²) in [4.78, 5) is 14.7. The third kappa shape index (κ3) is 3.13. The highest BCUT2D eigenvalue weighted by Gasteiger charge is 2.48. The van der Waals surface area contributed by atoms with Crippen LogP contribution >= 0.6 is 0 Å². The van der Waals surface area contributed by atoms with Gasteiger partial charge in [-0.1, -0.05) is 5.21 Å². The van der Waals surface area contributed by atoms with Crippen molar-refractivity contribution < 1.29 is 4.79 Å². The summed E-state index contributed by atoms with van der Waals surface area (Å²) < 4.78 is 3.75. The van der Waals surface area contributed by atoms with Crippen LogP contribution in [-0.2, 0) is 23.9 Å². The first-order valence-corrected chi connectivity index (χ1v) is 9.29. The molecule has 2 atom stereocenters. The fourth-order valence-electron chi connectivity index (χ4n) is 3.69. The maximum absolute atomic E-state index is 12.7. The Morgan fingerprint density at radius 2 is 2.08 bits per heavy atom. The van der Waals surface area contributed by atoms with Crippen molar-refractivity contribution in [3.05, 3.63) is 29.8 Å². The molecule has 140 valence electrons. The maximum Gasteiger partial charge on any atom is 0.225 e. The Morgan fingerprint density at radius 1 is 1.31 bits per heavy atom. The fraction of sp³-hybridized carbons (Fsp3) is 0.667. The van der Waals surface area contributed by atoms with E-state index in [9.17, 15) is 4.79 Å². The van der Waals surface area contributed by atoms with Gasteiger partial charge in [-0.3, -0.25) is 9.48 Å². The normalized spacial score (nSPS) is 23.8. The Balaban J connectivity index is 1.52. The maximum atomic E-state index is 12.7. The third-order valence-corrected chi connectivity index (χ3v) is 5.24. The van der Waals surface area contributed by atoms with E-state index in [0.29, 0.717) is 19.0 Å². The van der Waals surface area contributed by atoms with Gasteiger partial charge >= 0.3 is 0 Å². The number of hydrogen-bond acceptors (Lipinski definition) is 5. The lowest BCUT2D eigenvalue weighted by molar-refractivity contribution is -0.129. The first-order chi connectivity index (χ1) is 12.3. The van der Waals surface area contributed by atoms with E-state index >= 15 is 0 Å². The molecule has 4 rings (SSSR count). The van der Waals surface area contributed by atoms with E-state index in [1.807, 2.05) is 28.7 Å². The van der Waals surface area contributed by atoms with E-state index in [1.165, 1.54) is 0 Å². The van der Waals surface area contributed by atoms with Crippen LogP contribution < -0.4 is 5.32 Å². The number of likely N-dealkylation sites (tertiary alicyclic amines) is 1. The van der Waals surface area contributed by atoms with Crippen LogP contribution in [0.1, 0.15) is 57.5 Å². The van der Waals surface area contributed by atoms with Gasteiger partial charge in [0.15, 0.2) is 0 Å². The van der Waals surface area contributed by atoms with Crippen LogP contribution in [0.5, 0.6) is 0 Å². The largest absolute Gasteiger partial charge is 0.329 e.